The van der Waals surface area contributed by atoms with Crippen molar-refractivity contribution in [1.29, 1.82) is 0 Å². The summed E-state index contributed by atoms with van der Waals surface area (Å²) in [5.41, 5.74) is 5.75. The average molecular weight is 278 g/mol. The predicted molar refractivity (Wildman–Crippen MR) is 78.6 cm³/mol. The highest BCUT2D eigenvalue weighted by Gasteiger charge is 2.15. The molecule has 19 heavy (non-hydrogen) atoms. The predicted octanol–water partition coefficient (Wildman–Crippen LogP) is 2.42. The number of nitrogen functional groups attached to an aromatic ring is 1. The van der Waals surface area contributed by atoms with E-state index in [9.17, 15) is 0 Å². The number of nitrogens with one attached hydrogen (secondary N) is 1. The van der Waals surface area contributed by atoms with Crippen molar-refractivity contribution in [1.82, 2.24) is 9.97 Å². The van der Waals surface area contributed by atoms with Crippen LogP contribution in [0.15, 0.2) is 6.07 Å². The molecule has 5 nitrogen and oxygen atoms in total. The summed E-state index contributed by atoms with van der Waals surface area (Å²) in [4.78, 5) is 10.8. The highest BCUT2D eigenvalue weighted by molar-refractivity contribution is 7.18. The summed E-state index contributed by atoms with van der Waals surface area (Å²) in [6.07, 6.45) is 2.27. The zero-order chi connectivity index (χ0) is 13.2. The summed E-state index contributed by atoms with van der Waals surface area (Å²) in [7, 11) is 0. The molecule has 0 saturated carbocycles. The Kier molecular flexibility index (Phi) is 3.52. The second-order valence-corrected chi connectivity index (χ2v) is 6.19. The van der Waals surface area contributed by atoms with Crippen LogP contribution in [0, 0.1) is 12.8 Å². The molecule has 1 aliphatic rings. The second kappa shape index (κ2) is 5.30. The number of aryl methyl sites for hydroxylation is 1. The van der Waals surface area contributed by atoms with Gasteiger partial charge in [0, 0.05) is 24.6 Å². The molecule has 3 rings (SSSR count). The summed E-state index contributed by atoms with van der Waals surface area (Å²) in [5, 5.41) is 4.46. The Bertz CT molecular complexity index is 577. The molecule has 0 spiro atoms. The lowest BCUT2D eigenvalue weighted by atomic mass is 10.1. The van der Waals surface area contributed by atoms with Crippen molar-refractivity contribution in [2.24, 2.45) is 5.92 Å². The summed E-state index contributed by atoms with van der Waals surface area (Å²) in [6, 6.07) is 2.11. The van der Waals surface area contributed by atoms with Gasteiger partial charge in [0.25, 0.3) is 0 Å². The summed E-state index contributed by atoms with van der Waals surface area (Å²) >= 11 is 1.65. The van der Waals surface area contributed by atoms with Crippen LogP contribution >= 0.6 is 11.3 Å². The van der Waals surface area contributed by atoms with Gasteiger partial charge >= 0.3 is 0 Å². The van der Waals surface area contributed by atoms with Crippen molar-refractivity contribution in [3.63, 3.8) is 0 Å². The zero-order valence-electron chi connectivity index (χ0n) is 11.0. The van der Waals surface area contributed by atoms with E-state index in [1.807, 2.05) is 0 Å². The van der Waals surface area contributed by atoms with Crippen LogP contribution in [0.1, 0.15) is 17.7 Å². The van der Waals surface area contributed by atoms with Crippen LogP contribution in [0.5, 0.6) is 0 Å². The Labute approximate surface area is 116 Å². The van der Waals surface area contributed by atoms with Crippen LogP contribution in [0.25, 0.3) is 10.2 Å². The van der Waals surface area contributed by atoms with E-state index in [1.54, 1.807) is 11.3 Å². The minimum atomic E-state index is 0.334. The van der Waals surface area contributed by atoms with Gasteiger partial charge in [0.2, 0.25) is 5.95 Å². The van der Waals surface area contributed by atoms with Crippen LogP contribution < -0.4 is 11.1 Å². The van der Waals surface area contributed by atoms with Crippen molar-refractivity contribution >= 4 is 33.3 Å². The highest BCUT2D eigenvalue weighted by Crippen LogP contribution is 2.29. The van der Waals surface area contributed by atoms with Gasteiger partial charge in [-0.15, -0.1) is 11.3 Å². The molecule has 6 heteroatoms. The zero-order valence-corrected chi connectivity index (χ0v) is 11.8. The Balaban J connectivity index is 1.72. The van der Waals surface area contributed by atoms with Crippen molar-refractivity contribution in [3.8, 4) is 0 Å². The van der Waals surface area contributed by atoms with Crippen molar-refractivity contribution in [3.05, 3.63) is 10.9 Å². The number of nitrogens with zero attached hydrogens (tertiary/aromatic N) is 2. The Morgan fingerprint density at radius 2 is 2.42 bits per heavy atom. The molecule has 3 heterocycles. The van der Waals surface area contributed by atoms with Gasteiger partial charge in [-0.05, 0) is 31.7 Å². The third-order valence-corrected chi connectivity index (χ3v) is 4.35. The van der Waals surface area contributed by atoms with E-state index in [0.717, 1.165) is 42.2 Å². The number of fused-ring (bicyclic) bond motifs is 1. The summed E-state index contributed by atoms with van der Waals surface area (Å²) < 4.78 is 5.38. The maximum Gasteiger partial charge on any atom is 0.223 e. The summed E-state index contributed by atoms with van der Waals surface area (Å²) in [5.74, 6) is 1.86. The third-order valence-electron chi connectivity index (χ3n) is 3.40. The van der Waals surface area contributed by atoms with Gasteiger partial charge in [-0.2, -0.15) is 4.98 Å². The second-order valence-electron chi connectivity index (χ2n) is 4.95. The monoisotopic (exact) mass is 278 g/mol. The third kappa shape index (κ3) is 2.79. The van der Waals surface area contributed by atoms with E-state index in [0.29, 0.717) is 11.9 Å². The molecular weight excluding hydrogens is 260 g/mol. The first-order valence-electron chi connectivity index (χ1n) is 6.57. The molecule has 2 aromatic heterocycles. The van der Waals surface area contributed by atoms with E-state index < -0.39 is 0 Å². The largest absolute Gasteiger partial charge is 0.381 e. The Morgan fingerprint density at radius 1 is 1.53 bits per heavy atom. The number of anilines is 2. The van der Waals surface area contributed by atoms with Gasteiger partial charge in [-0.3, -0.25) is 0 Å². The first-order valence-corrected chi connectivity index (χ1v) is 7.39. The quantitative estimate of drug-likeness (QED) is 0.898. The van der Waals surface area contributed by atoms with Gasteiger partial charge in [0.1, 0.15) is 10.6 Å². The molecule has 3 N–H and O–H groups in total. The molecule has 1 saturated heterocycles. The first-order chi connectivity index (χ1) is 9.22. The lowest BCUT2D eigenvalue weighted by Gasteiger charge is -2.10. The average Bonchev–Trinajstić information content (AvgIpc) is 2.97. The van der Waals surface area contributed by atoms with Crippen LogP contribution in [0.2, 0.25) is 0 Å². The van der Waals surface area contributed by atoms with Crippen LogP contribution in [0.3, 0.4) is 0 Å². The molecule has 102 valence electrons. The van der Waals surface area contributed by atoms with Crippen LogP contribution in [0.4, 0.5) is 11.8 Å². The van der Waals surface area contributed by atoms with Gasteiger partial charge in [-0.25, -0.2) is 4.98 Å². The molecule has 2 aromatic rings. The van der Waals surface area contributed by atoms with Gasteiger partial charge in [-0.1, -0.05) is 0 Å². The molecular formula is C13H18N4OS. The standard InChI is InChI=1S/C13H18N4OS/c1-8-6-10-11(16-13(14)17-12(10)19-8)15-4-2-9-3-5-18-7-9/h6,9H,2-5,7H2,1H3,(H3,14,15,16,17). The fourth-order valence-electron chi connectivity index (χ4n) is 2.40. The SMILES string of the molecule is Cc1cc2c(NCCC3CCOC3)nc(N)nc2s1. The van der Waals surface area contributed by atoms with Crippen LogP contribution in [-0.2, 0) is 4.74 Å². The number of aromatic nitrogens is 2. The maximum atomic E-state index is 5.75. The van der Waals surface area contributed by atoms with Crippen molar-refractivity contribution < 1.29 is 4.74 Å². The molecule has 0 radical (unpaired) electrons. The number of nitrogens with two attached hydrogens (primary N) is 1. The minimum Gasteiger partial charge on any atom is -0.381 e. The molecule has 1 atom stereocenters. The fraction of sp³-hybridized carbons (Fsp3) is 0.538. The molecule has 0 amide bonds. The fourth-order valence-corrected chi connectivity index (χ4v) is 3.29. The Morgan fingerprint density at radius 3 is 3.21 bits per heavy atom. The van der Waals surface area contributed by atoms with Crippen LogP contribution in [-0.4, -0.2) is 29.7 Å². The van der Waals surface area contributed by atoms with E-state index in [4.69, 9.17) is 10.5 Å². The maximum absolute atomic E-state index is 5.75. The van der Waals surface area contributed by atoms with E-state index in [2.05, 4.69) is 28.3 Å². The van der Waals surface area contributed by atoms with E-state index >= 15 is 0 Å². The lowest BCUT2D eigenvalue weighted by Crippen LogP contribution is -2.11. The van der Waals surface area contributed by atoms with Crippen molar-refractivity contribution in [2.75, 3.05) is 30.8 Å². The molecule has 1 unspecified atom stereocenters. The smallest absolute Gasteiger partial charge is 0.223 e. The highest BCUT2D eigenvalue weighted by atomic mass is 32.1. The Hall–Kier alpha value is -1.40. The lowest BCUT2D eigenvalue weighted by molar-refractivity contribution is 0.185. The molecule has 0 bridgehead atoms. The van der Waals surface area contributed by atoms with Gasteiger partial charge in [0.15, 0.2) is 0 Å². The normalized spacial score (nSPS) is 19.1. The number of hydrogen-bond acceptors (Lipinski definition) is 6. The molecule has 0 aromatic carbocycles. The van der Waals surface area contributed by atoms with Crippen molar-refractivity contribution in [2.45, 2.75) is 19.8 Å². The number of ether oxygens (including phenoxy) is 1. The number of rotatable bonds is 4. The minimum absolute atomic E-state index is 0.334. The molecule has 1 aliphatic heterocycles. The first kappa shape index (κ1) is 12.6. The van der Waals surface area contributed by atoms with E-state index in [1.165, 1.54) is 11.3 Å². The van der Waals surface area contributed by atoms with E-state index in [-0.39, 0.29) is 0 Å². The topological polar surface area (TPSA) is 73.1 Å². The molecule has 0 aliphatic carbocycles. The van der Waals surface area contributed by atoms with Gasteiger partial charge in [0.05, 0.1) is 5.39 Å². The molecule has 1 fully saturated rings. The number of hydrogen-bond donors (Lipinski definition) is 2. The van der Waals surface area contributed by atoms with Gasteiger partial charge < -0.3 is 15.8 Å². The summed E-state index contributed by atoms with van der Waals surface area (Å²) in [6.45, 7) is 4.76. The number of thiophene rings is 1.